The average molecular weight is 326 g/mol. The number of hydrogen-bond donors (Lipinski definition) is 1. The quantitative estimate of drug-likeness (QED) is 0.848. The highest BCUT2D eigenvalue weighted by Gasteiger charge is 2.25. The van der Waals surface area contributed by atoms with Gasteiger partial charge < -0.3 is 14.6 Å². The van der Waals surface area contributed by atoms with Gasteiger partial charge in [0.25, 0.3) is 0 Å². The standard InChI is InChI=1S/C18H18N2O4/c1-4-23-17-14(10-19)16(12-6-8-13(21)9-7-12)15(11(3)20-17)18(22)24-5-2/h6-9,21H,4-5H2,1-3H3. The fourth-order valence-electron chi connectivity index (χ4n) is 2.39. The van der Waals surface area contributed by atoms with E-state index < -0.39 is 5.97 Å². The molecule has 1 heterocycles. The van der Waals surface area contributed by atoms with Crippen LogP contribution in [0, 0.1) is 18.3 Å². The molecule has 0 fully saturated rings. The zero-order valence-corrected chi connectivity index (χ0v) is 13.8. The van der Waals surface area contributed by atoms with Crippen molar-refractivity contribution < 1.29 is 19.4 Å². The number of ether oxygens (including phenoxy) is 2. The van der Waals surface area contributed by atoms with E-state index in [4.69, 9.17) is 9.47 Å². The molecule has 0 amide bonds. The van der Waals surface area contributed by atoms with E-state index in [0.717, 1.165) is 0 Å². The summed E-state index contributed by atoms with van der Waals surface area (Å²) in [6, 6.07) is 8.30. The first-order valence-electron chi connectivity index (χ1n) is 7.57. The second-order valence-corrected chi connectivity index (χ2v) is 4.94. The van der Waals surface area contributed by atoms with Gasteiger partial charge in [0.1, 0.15) is 17.4 Å². The Balaban J connectivity index is 2.81. The van der Waals surface area contributed by atoms with E-state index in [1.165, 1.54) is 12.1 Å². The number of pyridine rings is 1. The van der Waals surface area contributed by atoms with Crippen LogP contribution in [0.1, 0.15) is 35.5 Å². The number of phenolic OH excluding ortho intramolecular Hbond substituents is 1. The van der Waals surface area contributed by atoms with E-state index in [2.05, 4.69) is 11.1 Å². The number of aromatic nitrogens is 1. The molecule has 0 spiro atoms. The lowest BCUT2D eigenvalue weighted by atomic mass is 9.94. The largest absolute Gasteiger partial charge is 0.508 e. The molecule has 0 aliphatic carbocycles. The molecule has 6 nitrogen and oxygen atoms in total. The number of nitriles is 1. The lowest BCUT2D eigenvalue weighted by molar-refractivity contribution is 0.0525. The Morgan fingerprint density at radius 2 is 1.92 bits per heavy atom. The minimum absolute atomic E-state index is 0.0887. The van der Waals surface area contributed by atoms with Crippen LogP contribution >= 0.6 is 0 Å². The van der Waals surface area contributed by atoms with Gasteiger partial charge >= 0.3 is 5.97 Å². The van der Waals surface area contributed by atoms with E-state index in [1.54, 1.807) is 32.9 Å². The van der Waals surface area contributed by atoms with Crippen LogP contribution in [0.4, 0.5) is 0 Å². The van der Waals surface area contributed by atoms with Crippen LogP contribution in [-0.4, -0.2) is 29.3 Å². The summed E-state index contributed by atoms with van der Waals surface area (Å²) < 4.78 is 10.6. The molecule has 6 heteroatoms. The summed E-state index contributed by atoms with van der Waals surface area (Å²) in [5.41, 5.74) is 1.79. The number of nitrogens with zero attached hydrogens (tertiary/aromatic N) is 2. The van der Waals surface area contributed by atoms with Gasteiger partial charge in [0.15, 0.2) is 0 Å². The molecular formula is C18H18N2O4. The zero-order valence-electron chi connectivity index (χ0n) is 13.8. The first-order valence-corrected chi connectivity index (χ1v) is 7.57. The number of carbonyl (C=O) groups excluding carboxylic acids is 1. The number of hydrogen-bond acceptors (Lipinski definition) is 6. The van der Waals surface area contributed by atoms with Crippen molar-refractivity contribution in [3.63, 3.8) is 0 Å². The predicted molar refractivity (Wildman–Crippen MR) is 87.9 cm³/mol. The van der Waals surface area contributed by atoms with Gasteiger partial charge in [0, 0.05) is 5.56 Å². The van der Waals surface area contributed by atoms with Crippen molar-refractivity contribution in [1.82, 2.24) is 4.98 Å². The summed E-state index contributed by atoms with van der Waals surface area (Å²) in [4.78, 5) is 16.6. The molecule has 0 atom stereocenters. The first kappa shape index (κ1) is 17.3. The van der Waals surface area contributed by atoms with E-state index in [0.29, 0.717) is 23.4 Å². The van der Waals surface area contributed by atoms with Crippen LogP contribution in [0.5, 0.6) is 11.6 Å². The maximum Gasteiger partial charge on any atom is 0.340 e. The molecule has 0 saturated carbocycles. The third-order valence-electron chi connectivity index (χ3n) is 3.37. The van der Waals surface area contributed by atoms with Gasteiger partial charge in [-0.15, -0.1) is 0 Å². The number of benzene rings is 1. The van der Waals surface area contributed by atoms with E-state index in [1.807, 2.05) is 0 Å². The Morgan fingerprint density at radius 1 is 1.25 bits per heavy atom. The maximum absolute atomic E-state index is 12.4. The Labute approximate surface area is 140 Å². The normalized spacial score (nSPS) is 10.1. The summed E-state index contributed by atoms with van der Waals surface area (Å²) in [5.74, 6) is -0.288. The SMILES string of the molecule is CCOC(=O)c1c(C)nc(OCC)c(C#N)c1-c1ccc(O)cc1. The highest BCUT2D eigenvalue weighted by Crippen LogP contribution is 2.35. The molecule has 0 unspecified atom stereocenters. The van der Waals surface area contributed by atoms with Gasteiger partial charge in [0.05, 0.1) is 24.5 Å². The third-order valence-corrected chi connectivity index (χ3v) is 3.37. The van der Waals surface area contributed by atoms with Crippen LogP contribution in [0.25, 0.3) is 11.1 Å². The molecule has 1 aromatic carbocycles. The van der Waals surface area contributed by atoms with Crippen LogP contribution < -0.4 is 4.74 Å². The second-order valence-electron chi connectivity index (χ2n) is 4.94. The number of aromatic hydroxyl groups is 1. The van der Waals surface area contributed by atoms with Crippen molar-refractivity contribution in [2.75, 3.05) is 13.2 Å². The van der Waals surface area contributed by atoms with Gasteiger partial charge in [-0.25, -0.2) is 9.78 Å². The molecule has 0 radical (unpaired) electrons. The fourth-order valence-corrected chi connectivity index (χ4v) is 2.39. The molecule has 2 rings (SSSR count). The molecule has 2 aromatic rings. The van der Waals surface area contributed by atoms with Gasteiger partial charge in [0.2, 0.25) is 5.88 Å². The van der Waals surface area contributed by atoms with Crippen molar-refractivity contribution in [3.8, 4) is 28.8 Å². The Bertz CT molecular complexity index is 792. The van der Waals surface area contributed by atoms with Gasteiger partial charge in [-0.2, -0.15) is 5.26 Å². The Hall–Kier alpha value is -3.07. The summed E-state index contributed by atoms with van der Waals surface area (Å²) in [6.07, 6.45) is 0. The molecule has 1 aromatic heterocycles. The molecule has 24 heavy (non-hydrogen) atoms. The number of esters is 1. The second kappa shape index (κ2) is 7.47. The number of carbonyl (C=O) groups is 1. The average Bonchev–Trinajstić information content (AvgIpc) is 2.55. The number of aryl methyl sites for hydroxylation is 1. The van der Waals surface area contributed by atoms with Crippen LogP contribution in [-0.2, 0) is 4.74 Å². The highest BCUT2D eigenvalue weighted by molar-refractivity contribution is 6.00. The van der Waals surface area contributed by atoms with Gasteiger partial charge in [-0.05, 0) is 38.5 Å². The van der Waals surface area contributed by atoms with Crippen LogP contribution in [0.2, 0.25) is 0 Å². The van der Waals surface area contributed by atoms with Gasteiger partial charge in [-0.1, -0.05) is 12.1 Å². The lowest BCUT2D eigenvalue weighted by Crippen LogP contribution is -2.13. The first-order chi connectivity index (χ1) is 11.5. The molecule has 124 valence electrons. The van der Waals surface area contributed by atoms with Gasteiger partial charge in [-0.3, -0.25) is 0 Å². The van der Waals surface area contributed by atoms with Crippen molar-refractivity contribution in [3.05, 3.63) is 41.1 Å². The van der Waals surface area contributed by atoms with Crippen molar-refractivity contribution in [1.29, 1.82) is 5.26 Å². The molecule has 0 aliphatic heterocycles. The molecular weight excluding hydrogens is 308 g/mol. The van der Waals surface area contributed by atoms with Crippen molar-refractivity contribution >= 4 is 5.97 Å². The van der Waals surface area contributed by atoms with Crippen LogP contribution in [0.3, 0.4) is 0 Å². The third kappa shape index (κ3) is 3.30. The highest BCUT2D eigenvalue weighted by atomic mass is 16.5. The van der Waals surface area contributed by atoms with E-state index in [-0.39, 0.29) is 29.4 Å². The van der Waals surface area contributed by atoms with E-state index in [9.17, 15) is 15.2 Å². The maximum atomic E-state index is 12.4. The molecule has 1 N–H and O–H groups in total. The predicted octanol–water partition coefficient (Wildman–Crippen LogP) is 3.21. The fraction of sp³-hybridized carbons (Fsp3) is 0.278. The van der Waals surface area contributed by atoms with Crippen molar-refractivity contribution in [2.45, 2.75) is 20.8 Å². The summed E-state index contributed by atoms with van der Waals surface area (Å²) in [5, 5.41) is 19.1. The minimum Gasteiger partial charge on any atom is -0.508 e. The lowest BCUT2D eigenvalue weighted by Gasteiger charge is -2.16. The Kier molecular flexibility index (Phi) is 5.38. The minimum atomic E-state index is -0.551. The van der Waals surface area contributed by atoms with Crippen LogP contribution in [0.15, 0.2) is 24.3 Å². The smallest absolute Gasteiger partial charge is 0.340 e. The van der Waals surface area contributed by atoms with E-state index >= 15 is 0 Å². The molecule has 0 saturated heterocycles. The summed E-state index contributed by atoms with van der Waals surface area (Å²) >= 11 is 0. The summed E-state index contributed by atoms with van der Waals surface area (Å²) in [7, 11) is 0. The summed E-state index contributed by atoms with van der Waals surface area (Å²) in [6.45, 7) is 5.72. The number of rotatable bonds is 5. The monoisotopic (exact) mass is 326 g/mol. The molecule has 0 bridgehead atoms. The zero-order chi connectivity index (χ0) is 17.7. The topological polar surface area (TPSA) is 92.4 Å². The Morgan fingerprint density at radius 3 is 2.46 bits per heavy atom. The molecule has 0 aliphatic rings. The van der Waals surface area contributed by atoms with Crippen molar-refractivity contribution in [2.24, 2.45) is 0 Å². The number of phenols is 1.